The van der Waals surface area contributed by atoms with Crippen molar-refractivity contribution < 1.29 is 23.2 Å². The first-order valence-corrected chi connectivity index (χ1v) is 8.17. The third-order valence-corrected chi connectivity index (χ3v) is 4.71. The number of carbonyl (C=O) groups excluding carboxylic acids is 2. The van der Waals surface area contributed by atoms with E-state index in [1.807, 2.05) is 0 Å². The van der Waals surface area contributed by atoms with Crippen molar-refractivity contribution >= 4 is 11.8 Å². The minimum Gasteiger partial charge on any atom is -0.337 e. The Morgan fingerprint density at radius 3 is 2.62 bits per heavy atom. The molecule has 1 N–H and O–H groups in total. The Morgan fingerprint density at radius 1 is 1.29 bits per heavy atom. The van der Waals surface area contributed by atoms with Crippen molar-refractivity contribution in [2.45, 2.75) is 32.2 Å². The number of benzene rings is 1. The molecule has 130 valence electrons. The average Bonchev–Trinajstić information content (AvgIpc) is 2.86. The topological polar surface area (TPSA) is 58.6 Å². The molecule has 2 amide bonds. The van der Waals surface area contributed by atoms with Gasteiger partial charge in [0.15, 0.2) is 0 Å². The van der Waals surface area contributed by atoms with Gasteiger partial charge >= 0.3 is 0 Å². The van der Waals surface area contributed by atoms with Gasteiger partial charge < -0.3 is 4.90 Å². The molecular weight excluding hydrogens is 318 g/mol. The van der Waals surface area contributed by atoms with Crippen molar-refractivity contribution in [3.8, 4) is 0 Å². The van der Waals surface area contributed by atoms with Crippen molar-refractivity contribution in [3.05, 3.63) is 35.4 Å². The van der Waals surface area contributed by atoms with E-state index in [1.54, 1.807) is 0 Å². The highest BCUT2D eigenvalue weighted by molar-refractivity contribution is 5.88. The lowest BCUT2D eigenvalue weighted by Gasteiger charge is -2.24. The molecule has 1 aliphatic heterocycles. The molecule has 7 heteroatoms. The van der Waals surface area contributed by atoms with Crippen molar-refractivity contribution in [2.75, 3.05) is 13.2 Å². The second kappa shape index (κ2) is 7.25. The summed E-state index contributed by atoms with van der Waals surface area (Å²) >= 11 is 0. The van der Waals surface area contributed by atoms with Gasteiger partial charge in [0, 0.05) is 18.5 Å². The molecule has 1 unspecified atom stereocenters. The Labute approximate surface area is 138 Å². The van der Waals surface area contributed by atoms with E-state index in [4.69, 9.17) is 4.84 Å². The van der Waals surface area contributed by atoms with E-state index in [9.17, 15) is 18.4 Å². The van der Waals surface area contributed by atoms with Crippen LogP contribution in [0.25, 0.3) is 0 Å². The van der Waals surface area contributed by atoms with Gasteiger partial charge in [-0.05, 0) is 30.9 Å². The molecular formula is C17H20F2N2O3. The summed E-state index contributed by atoms with van der Waals surface area (Å²) in [4.78, 5) is 30.6. The minimum absolute atomic E-state index is 0.0225. The maximum Gasteiger partial charge on any atom is 0.248 e. The quantitative estimate of drug-likeness (QED) is 0.809. The van der Waals surface area contributed by atoms with Crippen LogP contribution in [0.3, 0.4) is 0 Å². The lowest BCUT2D eigenvalue weighted by Crippen LogP contribution is -2.35. The number of halogens is 2. The fraction of sp³-hybridized carbons (Fsp3) is 0.529. The molecule has 1 aromatic rings. The maximum atomic E-state index is 13.7. The van der Waals surface area contributed by atoms with Gasteiger partial charge in [0.1, 0.15) is 11.6 Å². The number of carbonyl (C=O) groups is 2. The van der Waals surface area contributed by atoms with Crippen molar-refractivity contribution in [2.24, 2.45) is 11.8 Å². The highest BCUT2D eigenvalue weighted by Crippen LogP contribution is 2.26. The highest BCUT2D eigenvalue weighted by Gasteiger charge is 2.35. The van der Waals surface area contributed by atoms with Crippen LogP contribution >= 0.6 is 0 Å². The Morgan fingerprint density at radius 2 is 2.00 bits per heavy atom. The van der Waals surface area contributed by atoms with Crippen molar-refractivity contribution in [1.82, 2.24) is 10.4 Å². The van der Waals surface area contributed by atoms with E-state index >= 15 is 0 Å². The number of amides is 2. The summed E-state index contributed by atoms with van der Waals surface area (Å²) in [6.07, 6.45) is 3.44. The first-order valence-electron chi connectivity index (χ1n) is 8.17. The van der Waals surface area contributed by atoms with Crippen molar-refractivity contribution in [3.63, 3.8) is 0 Å². The third kappa shape index (κ3) is 3.72. The van der Waals surface area contributed by atoms with Gasteiger partial charge in [-0.15, -0.1) is 0 Å². The summed E-state index contributed by atoms with van der Waals surface area (Å²) in [6.45, 7) is 0.436. The van der Waals surface area contributed by atoms with Crippen LogP contribution < -0.4 is 5.48 Å². The van der Waals surface area contributed by atoms with Crippen LogP contribution in [0.5, 0.6) is 0 Å². The van der Waals surface area contributed by atoms with Gasteiger partial charge in [0.25, 0.3) is 0 Å². The van der Waals surface area contributed by atoms with Gasteiger partial charge in [-0.2, -0.15) is 0 Å². The Bertz CT molecular complexity index is 614. The largest absolute Gasteiger partial charge is 0.337 e. The molecule has 1 saturated heterocycles. The van der Waals surface area contributed by atoms with E-state index in [1.165, 1.54) is 17.4 Å². The Balaban J connectivity index is 1.52. The molecule has 24 heavy (non-hydrogen) atoms. The zero-order chi connectivity index (χ0) is 17.1. The van der Waals surface area contributed by atoms with E-state index in [0.717, 1.165) is 25.0 Å². The lowest BCUT2D eigenvalue weighted by atomic mass is 9.86. The standard InChI is InChI=1S/C17H20F2N2O3/c18-14-5-2-6-15(19)13(14)9-21-8-12(7-16(21)22)17(23)20-24-10-11-3-1-4-11/h2,5-6,11-12H,1,3-4,7-10H2,(H,20,23). The number of nitrogens with zero attached hydrogens (tertiary/aromatic N) is 1. The second-order valence-electron chi connectivity index (χ2n) is 6.45. The minimum atomic E-state index is -0.695. The van der Waals surface area contributed by atoms with Gasteiger partial charge in [-0.3, -0.25) is 14.4 Å². The second-order valence-corrected chi connectivity index (χ2v) is 6.45. The number of nitrogens with one attached hydrogen (secondary N) is 1. The van der Waals surface area contributed by atoms with Gasteiger partial charge in [0.05, 0.1) is 19.1 Å². The molecule has 1 aromatic carbocycles. The first kappa shape index (κ1) is 16.8. The zero-order valence-corrected chi connectivity index (χ0v) is 13.3. The summed E-state index contributed by atoms with van der Waals surface area (Å²) in [5.74, 6) is -2.11. The first-order chi connectivity index (χ1) is 11.5. The fourth-order valence-corrected chi connectivity index (χ4v) is 2.95. The van der Waals surface area contributed by atoms with Crippen molar-refractivity contribution in [1.29, 1.82) is 0 Å². The number of hydrogen-bond donors (Lipinski definition) is 1. The van der Waals surface area contributed by atoms with Gasteiger partial charge in [-0.25, -0.2) is 14.3 Å². The van der Waals surface area contributed by atoms with Crippen LogP contribution in [0.2, 0.25) is 0 Å². The molecule has 0 spiro atoms. The Kier molecular flexibility index (Phi) is 5.08. The van der Waals surface area contributed by atoms with Crippen LogP contribution in [-0.4, -0.2) is 29.9 Å². The molecule has 3 rings (SSSR count). The van der Waals surface area contributed by atoms with Crippen LogP contribution in [0.4, 0.5) is 8.78 Å². The van der Waals surface area contributed by atoms with E-state index in [-0.39, 0.29) is 36.9 Å². The predicted octanol–water partition coefficient (Wildman–Crippen LogP) is 2.16. The molecule has 2 fully saturated rings. The number of hydroxylamine groups is 1. The normalized spacial score (nSPS) is 21.0. The van der Waals surface area contributed by atoms with Crippen LogP contribution in [0.1, 0.15) is 31.2 Å². The van der Waals surface area contributed by atoms with E-state index in [2.05, 4.69) is 5.48 Å². The third-order valence-electron chi connectivity index (χ3n) is 4.71. The molecule has 0 aromatic heterocycles. The number of hydrogen-bond acceptors (Lipinski definition) is 3. The average molecular weight is 338 g/mol. The van der Waals surface area contributed by atoms with Crippen LogP contribution in [-0.2, 0) is 21.0 Å². The molecule has 1 atom stereocenters. The number of rotatable bonds is 6. The molecule has 1 saturated carbocycles. The molecule has 2 aliphatic rings. The number of likely N-dealkylation sites (tertiary alicyclic amines) is 1. The van der Waals surface area contributed by atoms with Gasteiger partial charge in [-0.1, -0.05) is 12.5 Å². The molecule has 1 heterocycles. The molecule has 0 bridgehead atoms. The van der Waals surface area contributed by atoms with E-state index < -0.39 is 17.6 Å². The zero-order valence-electron chi connectivity index (χ0n) is 13.3. The lowest BCUT2D eigenvalue weighted by molar-refractivity contribution is -0.139. The summed E-state index contributed by atoms with van der Waals surface area (Å²) < 4.78 is 27.4. The SMILES string of the molecule is O=C(NOCC1CCC1)C1CC(=O)N(Cc2c(F)cccc2F)C1. The smallest absolute Gasteiger partial charge is 0.248 e. The van der Waals surface area contributed by atoms with E-state index in [0.29, 0.717) is 12.5 Å². The highest BCUT2D eigenvalue weighted by atomic mass is 19.1. The maximum absolute atomic E-state index is 13.7. The summed E-state index contributed by atoms with van der Waals surface area (Å²) in [5.41, 5.74) is 2.23. The molecule has 0 radical (unpaired) electrons. The summed E-state index contributed by atoms with van der Waals surface area (Å²) in [6, 6.07) is 3.57. The fourth-order valence-electron chi connectivity index (χ4n) is 2.95. The Hall–Kier alpha value is -2.02. The predicted molar refractivity (Wildman–Crippen MR) is 81.3 cm³/mol. The molecule has 1 aliphatic carbocycles. The summed E-state index contributed by atoms with van der Waals surface area (Å²) in [7, 11) is 0. The monoisotopic (exact) mass is 338 g/mol. The van der Waals surface area contributed by atoms with Crippen LogP contribution in [0.15, 0.2) is 18.2 Å². The summed E-state index contributed by atoms with van der Waals surface area (Å²) in [5, 5.41) is 0. The molecule has 5 nitrogen and oxygen atoms in total. The van der Waals surface area contributed by atoms with Crippen LogP contribution in [0, 0.1) is 23.5 Å². The van der Waals surface area contributed by atoms with Gasteiger partial charge in [0.2, 0.25) is 11.8 Å².